The van der Waals surface area contributed by atoms with Crippen molar-refractivity contribution in [3.8, 4) is 5.75 Å². The molecule has 0 spiro atoms. The number of halogens is 1. The number of benzene rings is 1. The molecule has 3 N–H and O–H groups in total. The summed E-state index contributed by atoms with van der Waals surface area (Å²) in [5.41, 5.74) is 5.82. The lowest BCUT2D eigenvalue weighted by Gasteiger charge is -2.08. The van der Waals surface area contributed by atoms with E-state index in [0.29, 0.717) is 12.3 Å². The van der Waals surface area contributed by atoms with Crippen LogP contribution in [0.2, 0.25) is 0 Å². The van der Waals surface area contributed by atoms with Crippen molar-refractivity contribution in [1.29, 1.82) is 0 Å². The molecule has 0 aromatic heterocycles. The quantitative estimate of drug-likeness (QED) is 0.558. The minimum absolute atomic E-state index is 0.252. The van der Waals surface area contributed by atoms with Crippen molar-refractivity contribution in [3.05, 3.63) is 24.0 Å². The van der Waals surface area contributed by atoms with Gasteiger partial charge < -0.3 is 15.8 Å². The van der Waals surface area contributed by atoms with Gasteiger partial charge in [-0.25, -0.2) is 4.39 Å². The highest BCUT2D eigenvalue weighted by Crippen LogP contribution is 2.18. The van der Waals surface area contributed by atoms with Crippen molar-refractivity contribution >= 4 is 5.69 Å². The Labute approximate surface area is 89.4 Å². The van der Waals surface area contributed by atoms with Crippen LogP contribution in [0.25, 0.3) is 0 Å². The maximum Gasteiger partial charge on any atom is 0.167 e. The number of nitrogens with two attached hydrogens (primary N) is 1. The number of rotatable bonds is 6. The largest absolute Gasteiger partial charge is 0.489 e. The summed E-state index contributed by atoms with van der Waals surface area (Å²) in [4.78, 5) is 0. The van der Waals surface area contributed by atoms with Crippen LogP contribution in [-0.2, 0) is 0 Å². The van der Waals surface area contributed by atoms with Gasteiger partial charge in [0.2, 0.25) is 0 Å². The first-order valence-corrected chi connectivity index (χ1v) is 5.12. The predicted molar refractivity (Wildman–Crippen MR) is 59.5 cm³/mol. The monoisotopic (exact) mass is 212 g/mol. The molecule has 0 fully saturated rings. The first-order valence-electron chi connectivity index (χ1n) is 5.12. The molecule has 0 aliphatic rings. The van der Waals surface area contributed by atoms with Crippen LogP contribution in [0.15, 0.2) is 18.2 Å². The van der Waals surface area contributed by atoms with E-state index in [1.54, 1.807) is 12.1 Å². The van der Waals surface area contributed by atoms with Crippen LogP contribution >= 0.6 is 0 Å². The summed E-state index contributed by atoms with van der Waals surface area (Å²) in [6.07, 6.45) is 1.08. The molecule has 1 aromatic rings. The van der Waals surface area contributed by atoms with E-state index >= 15 is 0 Å². The molecule has 0 saturated heterocycles. The fourth-order valence-electron chi connectivity index (χ4n) is 1.17. The molecule has 0 radical (unpaired) electrons. The maximum absolute atomic E-state index is 13.2. The lowest BCUT2D eigenvalue weighted by atomic mass is 10.3. The fraction of sp³-hybridized carbons (Fsp3) is 0.455. The number of hydrogen-bond acceptors (Lipinski definition) is 3. The van der Waals surface area contributed by atoms with E-state index in [9.17, 15) is 4.39 Å². The number of ether oxygens (including phenoxy) is 1. The second-order valence-corrected chi connectivity index (χ2v) is 3.29. The Kier molecular flexibility index (Phi) is 4.90. The average Bonchev–Trinajstić information content (AvgIpc) is 2.20. The summed E-state index contributed by atoms with van der Waals surface area (Å²) in [5.74, 6) is -0.159. The average molecular weight is 212 g/mol. The molecule has 0 unspecified atom stereocenters. The molecule has 0 heterocycles. The van der Waals surface area contributed by atoms with Crippen LogP contribution in [0, 0.1) is 5.82 Å². The van der Waals surface area contributed by atoms with Crippen molar-refractivity contribution in [2.75, 3.05) is 25.4 Å². The molecule has 1 aromatic carbocycles. The highest BCUT2D eigenvalue weighted by Gasteiger charge is 2.02. The minimum atomic E-state index is -0.412. The highest BCUT2D eigenvalue weighted by molar-refractivity contribution is 5.42. The number of anilines is 1. The standard InChI is InChI=1S/C11H17FN2O/c1-2-5-14-6-7-15-11-4-3-9(13)8-10(11)12/h3-4,8,14H,2,5-7,13H2,1H3. The number of hydrogen-bond donors (Lipinski definition) is 2. The van der Waals surface area contributed by atoms with E-state index in [-0.39, 0.29) is 5.75 Å². The van der Waals surface area contributed by atoms with Gasteiger partial charge in [-0.3, -0.25) is 0 Å². The van der Waals surface area contributed by atoms with Crippen LogP contribution in [0.1, 0.15) is 13.3 Å². The zero-order valence-corrected chi connectivity index (χ0v) is 8.92. The van der Waals surface area contributed by atoms with Gasteiger partial charge in [0.15, 0.2) is 11.6 Å². The second-order valence-electron chi connectivity index (χ2n) is 3.29. The third kappa shape index (κ3) is 4.16. The van der Waals surface area contributed by atoms with Crippen LogP contribution < -0.4 is 15.8 Å². The molecule has 0 amide bonds. The van der Waals surface area contributed by atoms with E-state index in [4.69, 9.17) is 10.5 Å². The summed E-state index contributed by atoms with van der Waals surface area (Å²) < 4.78 is 18.4. The van der Waals surface area contributed by atoms with E-state index in [1.165, 1.54) is 6.07 Å². The molecular weight excluding hydrogens is 195 g/mol. The Bertz CT molecular complexity index is 305. The van der Waals surface area contributed by atoms with Crippen molar-refractivity contribution in [3.63, 3.8) is 0 Å². The van der Waals surface area contributed by atoms with Gasteiger partial charge in [0.05, 0.1) is 0 Å². The van der Waals surface area contributed by atoms with E-state index in [1.807, 2.05) is 0 Å². The predicted octanol–water partition coefficient (Wildman–Crippen LogP) is 1.79. The second kappa shape index (κ2) is 6.24. The molecule has 1 rings (SSSR count). The molecule has 15 heavy (non-hydrogen) atoms. The highest BCUT2D eigenvalue weighted by atomic mass is 19.1. The summed E-state index contributed by atoms with van der Waals surface area (Å²) in [6.45, 7) is 4.22. The Morgan fingerprint density at radius 1 is 1.40 bits per heavy atom. The molecular formula is C11H17FN2O. The van der Waals surface area contributed by atoms with Crippen LogP contribution in [0.5, 0.6) is 5.75 Å². The molecule has 0 aliphatic heterocycles. The summed E-state index contributed by atoms with van der Waals surface area (Å²) in [5, 5.41) is 3.16. The topological polar surface area (TPSA) is 47.3 Å². The number of nitrogen functional groups attached to an aromatic ring is 1. The molecule has 3 nitrogen and oxygen atoms in total. The maximum atomic E-state index is 13.2. The minimum Gasteiger partial charge on any atom is -0.489 e. The fourth-order valence-corrected chi connectivity index (χ4v) is 1.17. The zero-order valence-electron chi connectivity index (χ0n) is 8.92. The molecule has 0 bridgehead atoms. The van der Waals surface area contributed by atoms with Gasteiger partial charge in [0, 0.05) is 18.3 Å². The molecule has 0 atom stereocenters. The molecule has 4 heteroatoms. The normalized spacial score (nSPS) is 10.3. The number of nitrogens with one attached hydrogen (secondary N) is 1. The van der Waals surface area contributed by atoms with Crippen molar-refractivity contribution in [2.24, 2.45) is 0 Å². The first-order chi connectivity index (χ1) is 7.24. The Morgan fingerprint density at radius 3 is 2.87 bits per heavy atom. The molecule has 0 saturated carbocycles. The molecule has 0 aliphatic carbocycles. The summed E-state index contributed by atoms with van der Waals surface area (Å²) in [7, 11) is 0. The van der Waals surface area contributed by atoms with E-state index < -0.39 is 5.82 Å². The van der Waals surface area contributed by atoms with Gasteiger partial charge in [-0.05, 0) is 25.1 Å². The van der Waals surface area contributed by atoms with Crippen LogP contribution in [0.4, 0.5) is 10.1 Å². The van der Waals surface area contributed by atoms with Crippen LogP contribution in [0.3, 0.4) is 0 Å². The van der Waals surface area contributed by atoms with Crippen molar-refractivity contribution < 1.29 is 9.13 Å². The van der Waals surface area contributed by atoms with E-state index in [2.05, 4.69) is 12.2 Å². The molecule has 84 valence electrons. The third-order valence-electron chi connectivity index (χ3n) is 1.92. The van der Waals surface area contributed by atoms with E-state index in [0.717, 1.165) is 19.5 Å². The SMILES string of the molecule is CCCNCCOc1ccc(N)cc1F. The van der Waals surface area contributed by atoms with Crippen molar-refractivity contribution in [1.82, 2.24) is 5.32 Å². The van der Waals surface area contributed by atoms with Gasteiger partial charge in [-0.2, -0.15) is 0 Å². The van der Waals surface area contributed by atoms with Gasteiger partial charge >= 0.3 is 0 Å². The van der Waals surface area contributed by atoms with Crippen LogP contribution in [-0.4, -0.2) is 19.7 Å². The summed E-state index contributed by atoms with van der Waals surface area (Å²) >= 11 is 0. The van der Waals surface area contributed by atoms with Crippen molar-refractivity contribution in [2.45, 2.75) is 13.3 Å². The lowest BCUT2D eigenvalue weighted by molar-refractivity contribution is 0.299. The first kappa shape index (κ1) is 11.8. The van der Waals surface area contributed by atoms with Gasteiger partial charge in [0.25, 0.3) is 0 Å². The zero-order chi connectivity index (χ0) is 11.1. The Balaban J connectivity index is 2.31. The summed E-state index contributed by atoms with van der Waals surface area (Å²) in [6, 6.07) is 4.43. The van der Waals surface area contributed by atoms with Gasteiger partial charge in [0.1, 0.15) is 6.61 Å². The third-order valence-corrected chi connectivity index (χ3v) is 1.92. The lowest BCUT2D eigenvalue weighted by Crippen LogP contribution is -2.21. The Hall–Kier alpha value is -1.29. The Morgan fingerprint density at radius 2 is 2.20 bits per heavy atom. The van der Waals surface area contributed by atoms with Gasteiger partial charge in [-0.1, -0.05) is 6.92 Å². The smallest absolute Gasteiger partial charge is 0.167 e. The van der Waals surface area contributed by atoms with Gasteiger partial charge in [-0.15, -0.1) is 0 Å².